The van der Waals surface area contributed by atoms with Crippen molar-refractivity contribution in [1.82, 2.24) is 5.32 Å². The van der Waals surface area contributed by atoms with Gasteiger partial charge in [0, 0.05) is 16.8 Å². The van der Waals surface area contributed by atoms with Crippen LogP contribution in [0.2, 0.25) is 0 Å². The number of amides is 1. The summed E-state index contributed by atoms with van der Waals surface area (Å²) in [4.78, 5) is 25.4. The molecule has 29 heavy (non-hydrogen) atoms. The van der Waals surface area contributed by atoms with Crippen molar-refractivity contribution >= 4 is 17.4 Å². The van der Waals surface area contributed by atoms with E-state index >= 15 is 0 Å². The summed E-state index contributed by atoms with van der Waals surface area (Å²) in [7, 11) is 0. The molecule has 7 heteroatoms. The van der Waals surface area contributed by atoms with Gasteiger partial charge in [-0.1, -0.05) is 54.6 Å². The minimum absolute atomic E-state index is 0.0578. The third-order valence-corrected chi connectivity index (χ3v) is 4.13. The number of ketones is 1. The molecule has 1 unspecified atom stereocenters. The number of anilines is 1. The van der Waals surface area contributed by atoms with Gasteiger partial charge < -0.3 is 10.6 Å². The lowest BCUT2D eigenvalue weighted by Gasteiger charge is -2.21. The molecular formula is C22H17F3N2O2. The molecule has 0 heterocycles. The van der Waals surface area contributed by atoms with Crippen LogP contribution in [0.15, 0.2) is 84.9 Å². The quantitative estimate of drug-likeness (QED) is 0.465. The number of rotatable bonds is 6. The molecule has 3 aromatic rings. The van der Waals surface area contributed by atoms with Crippen molar-refractivity contribution in [2.45, 2.75) is 12.3 Å². The van der Waals surface area contributed by atoms with E-state index < -0.39 is 29.6 Å². The average Bonchev–Trinajstić information content (AvgIpc) is 2.73. The molecule has 148 valence electrons. The molecule has 4 nitrogen and oxygen atoms in total. The fraction of sp³-hybridized carbons (Fsp3) is 0.0909. The predicted octanol–water partition coefficient (Wildman–Crippen LogP) is 4.76. The normalized spacial score (nSPS) is 12.1. The fourth-order valence-corrected chi connectivity index (χ4v) is 2.69. The molecule has 0 aromatic heterocycles. The Morgan fingerprint density at radius 1 is 0.759 bits per heavy atom. The van der Waals surface area contributed by atoms with E-state index in [0.29, 0.717) is 11.1 Å². The van der Waals surface area contributed by atoms with Crippen LogP contribution in [0, 0.1) is 0 Å². The second kappa shape index (κ2) is 8.60. The van der Waals surface area contributed by atoms with Crippen molar-refractivity contribution in [2.75, 3.05) is 5.32 Å². The van der Waals surface area contributed by atoms with E-state index in [9.17, 15) is 22.8 Å². The third kappa shape index (κ3) is 5.22. The van der Waals surface area contributed by atoms with Gasteiger partial charge in [0.2, 0.25) is 5.78 Å². The smallest absolute Gasteiger partial charge is 0.359 e. The maximum Gasteiger partial charge on any atom is 0.416 e. The zero-order chi connectivity index (χ0) is 20.9. The number of nitrogens with one attached hydrogen (secondary N) is 2. The second-order valence-corrected chi connectivity index (χ2v) is 6.23. The van der Waals surface area contributed by atoms with Crippen molar-refractivity contribution < 1.29 is 22.8 Å². The molecule has 3 aromatic carbocycles. The van der Waals surface area contributed by atoms with Crippen LogP contribution in [0.4, 0.5) is 18.9 Å². The van der Waals surface area contributed by atoms with Gasteiger partial charge in [-0.25, -0.2) is 0 Å². The molecule has 3 rings (SSSR count). The highest BCUT2D eigenvalue weighted by Crippen LogP contribution is 2.30. The molecule has 0 aliphatic rings. The maximum atomic E-state index is 13.0. The van der Waals surface area contributed by atoms with E-state index in [2.05, 4.69) is 10.6 Å². The van der Waals surface area contributed by atoms with Gasteiger partial charge in [0.1, 0.15) is 0 Å². The van der Waals surface area contributed by atoms with Crippen LogP contribution in [-0.4, -0.2) is 17.9 Å². The first-order chi connectivity index (χ1) is 13.8. The predicted molar refractivity (Wildman–Crippen MR) is 104 cm³/mol. The van der Waals surface area contributed by atoms with Crippen molar-refractivity contribution in [3.63, 3.8) is 0 Å². The lowest BCUT2D eigenvalue weighted by molar-refractivity contribution is -0.137. The Labute approximate surface area is 165 Å². The highest BCUT2D eigenvalue weighted by molar-refractivity contribution is 6.05. The fourth-order valence-electron chi connectivity index (χ4n) is 2.69. The Hall–Kier alpha value is -3.61. The van der Waals surface area contributed by atoms with Gasteiger partial charge in [-0.2, -0.15) is 13.2 Å². The van der Waals surface area contributed by atoms with E-state index in [-0.39, 0.29) is 5.69 Å². The first-order valence-corrected chi connectivity index (χ1v) is 8.73. The second-order valence-electron chi connectivity index (χ2n) is 6.23. The molecule has 0 fully saturated rings. The molecular weight excluding hydrogens is 381 g/mol. The van der Waals surface area contributed by atoms with Gasteiger partial charge in [-0.15, -0.1) is 0 Å². The Bertz CT molecular complexity index is 990. The Balaban J connectivity index is 1.89. The lowest BCUT2D eigenvalue weighted by Crippen LogP contribution is -2.46. The first kappa shape index (κ1) is 20.1. The summed E-state index contributed by atoms with van der Waals surface area (Å²) in [5, 5.41) is 5.27. The zero-order valence-corrected chi connectivity index (χ0v) is 15.1. The maximum absolute atomic E-state index is 13.0. The van der Waals surface area contributed by atoms with Crippen LogP contribution in [0.25, 0.3) is 0 Å². The third-order valence-electron chi connectivity index (χ3n) is 4.13. The minimum Gasteiger partial charge on any atom is -0.359 e. The number of hydrogen-bond donors (Lipinski definition) is 2. The van der Waals surface area contributed by atoms with Crippen LogP contribution in [0.1, 0.15) is 26.3 Å². The summed E-state index contributed by atoms with van der Waals surface area (Å²) in [6.07, 6.45) is -5.78. The van der Waals surface area contributed by atoms with E-state index in [4.69, 9.17) is 0 Å². The molecule has 1 atom stereocenters. The molecule has 0 radical (unpaired) electrons. The van der Waals surface area contributed by atoms with E-state index in [0.717, 1.165) is 12.1 Å². The molecule has 0 saturated carbocycles. The number of alkyl halides is 3. The summed E-state index contributed by atoms with van der Waals surface area (Å²) < 4.78 is 39.0. The molecule has 1 amide bonds. The Morgan fingerprint density at radius 2 is 1.34 bits per heavy atom. The van der Waals surface area contributed by atoms with Gasteiger partial charge >= 0.3 is 6.18 Å². The van der Waals surface area contributed by atoms with Crippen molar-refractivity contribution in [2.24, 2.45) is 0 Å². The largest absolute Gasteiger partial charge is 0.416 e. The molecule has 2 N–H and O–H groups in total. The zero-order valence-electron chi connectivity index (χ0n) is 15.1. The van der Waals surface area contributed by atoms with Crippen molar-refractivity contribution in [3.05, 3.63) is 102 Å². The molecule has 0 bridgehead atoms. The average molecular weight is 398 g/mol. The monoisotopic (exact) mass is 398 g/mol. The van der Waals surface area contributed by atoms with Crippen LogP contribution in [-0.2, 0) is 6.18 Å². The number of carbonyl (C=O) groups is 2. The van der Waals surface area contributed by atoms with E-state index in [1.54, 1.807) is 60.7 Å². The summed E-state index contributed by atoms with van der Waals surface area (Å²) in [6, 6.07) is 20.9. The van der Waals surface area contributed by atoms with Gasteiger partial charge in [-0.3, -0.25) is 9.59 Å². The van der Waals surface area contributed by atoms with Crippen molar-refractivity contribution in [1.29, 1.82) is 0 Å². The molecule has 0 spiro atoms. The summed E-state index contributed by atoms with van der Waals surface area (Å²) >= 11 is 0. The van der Waals surface area contributed by atoms with E-state index in [1.165, 1.54) is 12.1 Å². The van der Waals surface area contributed by atoms with Crippen molar-refractivity contribution in [3.8, 4) is 0 Å². The van der Waals surface area contributed by atoms with Crippen LogP contribution in [0.5, 0.6) is 0 Å². The van der Waals surface area contributed by atoms with Crippen LogP contribution in [0.3, 0.4) is 0 Å². The van der Waals surface area contributed by atoms with Gasteiger partial charge in [0.15, 0.2) is 6.17 Å². The van der Waals surface area contributed by atoms with E-state index in [1.807, 2.05) is 0 Å². The van der Waals surface area contributed by atoms with Crippen LogP contribution >= 0.6 is 0 Å². The van der Waals surface area contributed by atoms with Gasteiger partial charge in [0.05, 0.1) is 5.56 Å². The highest BCUT2D eigenvalue weighted by atomic mass is 19.4. The summed E-state index contributed by atoms with van der Waals surface area (Å²) in [5.74, 6) is -1.01. The highest BCUT2D eigenvalue weighted by Gasteiger charge is 2.31. The minimum atomic E-state index is -4.52. The number of Topliss-reactive ketones (excluding diaryl/α,β-unsaturated/α-hetero) is 1. The topological polar surface area (TPSA) is 58.2 Å². The standard InChI is InChI=1S/C22H17F3N2O2/c23-22(24,25)17-12-7-13-18(14-17)26-20(19(28)15-8-3-1-4-9-15)27-21(29)16-10-5-2-6-11-16/h1-14,20,26H,(H,27,29). The SMILES string of the molecule is O=C(NC(Nc1cccc(C(F)(F)F)c1)C(=O)c1ccccc1)c1ccccc1. The molecule has 0 aliphatic carbocycles. The Kier molecular flexibility index (Phi) is 5.97. The molecule has 0 aliphatic heterocycles. The van der Waals surface area contributed by atoms with Crippen LogP contribution < -0.4 is 10.6 Å². The Morgan fingerprint density at radius 3 is 1.93 bits per heavy atom. The number of halogens is 3. The number of benzene rings is 3. The first-order valence-electron chi connectivity index (χ1n) is 8.73. The number of carbonyl (C=O) groups excluding carboxylic acids is 2. The summed E-state index contributed by atoms with van der Waals surface area (Å²) in [5.41, 5.74) is -0.167. The van der Waals surface area contributed by atoms with Gasteiger partial charge in [0.25, 0.3) is 5.91 Å². The summed E-state index contributed by atoms with van der Waals surface area (Å²) in [6.45, 7) is 0. The molecule has 0 saturated heterocycles. The lowest BCUT2D eigenvalue weighted by atomic mass is 10.1. The number of hydrogen-bond acceptors (Lipinski definition) is 3. The van der Waals surface area contributed by atoms with Gasteiger partial charge in [-0.05, 0) is 30.3 Å².